The van der Waals surface area contributed by atoms with Crippen molar-refractivity contribution in [2.75, 3.05) is 13.1 Å². The fourth-order valence-electron chi connectivity index (χ4n) is 4.48. The van der Waals surface area contributed by atoms with Gasteiger partial charge in [-0.15, -0.1) is 12.4 Å². The first-order valence-electron chi connectivity index (χ1n) is 11.0. The molecule has 4 nitrogen and oxygen atoms in total. The van der Waals surface area contributed by atoms with Gasteiger partial charge < -0.3 is 9.42 Å². The van der Waals surface area contributed by atoms with Gasteiger partial charge in [0.05, 0.1) is 0 Å². The molecule has 2 aromatic carbocycles. The lowest BCUT2D eigenvalue weighted by atomic mass is 9.92. The first-order chi connectivity index (χ1) is 14.3. The molecule has 0 spiro atoms. The average molecular weight is 426 g/mol. The molecule has 0 N–H and O–H groups in total. The zero-order chi connectivity index (χ0) is 20.1. The molecule has 1 aliphatic rings. The van der Waals surface area contributed by atoms with E-state index in [0.29, 0.717) is 11.8 Å². The number of hydrogen-bond donors (Lipinski definition) is 0. The normalized spacial score (nSPS) is 15.3. The molecule has 30 heavy (non-hydrogen) atoms. The maximum Gasteiger partial charge on any atom is 0.257 e. The number of benzene rings is 2. The van der Waals surface area contributed by atoms with Crippen LogP contribution in [0.3, 0.4) is 0 Å². The third kappa shape index (κ3) is 5.30. The summed E-state index contributed by atoms with van der Waals surface area (Å²) in [6.07, 6.45) is 5.87. The Morgan fingerprint density at radius 3 is 2.13 bits per heavy atom. The molecule has 1 aromatic heterocycles. The van der Waals surface area contributed by atoms with Crippen LogP contribution in [-0.2, 0) is 6.42 Å². The number of halogens is 1. The molecule has 1 fully saturated rings. The molecule has 0 amide bonds. The fraction of sp³-hybridized carbons (Fsp3) is 0.440. The topological polar surface area (TPSA) is 42.2 Å². The van der Waals surface area contributed by atoms with E-state index in [1.807, 2.05) is 6.07 Å². The Balaban J connectivity index is 0.00000256. The van der Waals surface area contributed by atoms with E-state index in [2.05, 4.69) is 77.4 Å². The van der Waals surface area contributed by atoms with Crippen molar-refractivity contribution in [1.82, 2.24) is 15.0 Å². The Morgan fingerprint density at radius 1 is 0.900 bits per heavy atom. The van der Waals surface area contributed by atoms with Crippen LogP contribution in [-0.4, -0.2) is 34.2 Å². The molecule has 0 saturated carbocycles. The zero-order valence-corrected chi connectivity index (χ0v) is 18.8. The highest BCUT2D eigenvalue weighted by Gasteiger charge is 2.24. The summed E-state index contributed by atoms with van der Waals surface area (Å²) >= 11 is 0. The van der Waals surface area contributed by atoms with Gasteiger partial charge in [-0.3, -0.25) is 0 Å². The third-order valence-electron chi connectivity index (χ3n) is 6.29. The number of nitrogens with zero attached hydrogens (tertiary/aromatic N) is 3. The van der Waals surface area contributed by atoms with Crippen LogP contribution in [0.5, 0.6) is 0 Å². The van der Waals surface area contributed by atoms with Gasteiger partial charge in [-0.2, -0.15) is 4.98 Å². The minimum absolute atomic E-state index is 0. The van der Waals surface area contributed by atoms with Gasteiger partial charge in [0, 0.05) is 18.0 Å². The van der Waals surface area contributed by atoms with E-state index in [-0.39, 0.29) is 12.4 Å². The van der Waals surface area contributed by atoms with Crippen molar-refractivity contribution in [3.8, 4) is 22.6 Å². The summed E-state index contributed by atoms with van der Waals surface area (Å²) in [5, 5.41) is 4.25. The van der Waals surface area contributed by atoms with Crippen molar-refractivity contribution < 1.29 is 4.52 Å². The highest BCUT2D eigenvalue weighted by atomic mass is 35.5. The van der Waals surface area contributed by atoms with Crippen LogP contribution in [0.25, 0.3) is 22.6 Å². The monoisotopic (exact) mass is 425 g/mol. The van der Waals surface area contributed by atoms with Gasteiger partial charge in [0.25, 0.3) is 5.89 Å². The lowest BCUT2D eigenvalue weighted by Crippen LogP contribution is -2.41. The third-order valence-corrected chi connectivity index (χ3v) is 6.29. The molecule has 5 heteroatoms. The van der Waals surface area contributed by atoms with Crippen molar-refractivity contribution in [3.05, 3.63) is 60.4 Å². The summed E-state index contributed by atoms with van der Waals surface area (Å²) in [6.45, 7) is 6.99. The van der Waals surface area contributed by atoms with Crippen molar-refractivity contribution in [3.63, 3.8) is 0 Å². The van der Waals surface area contributed by atoms with Gasteiger partial charge in [-0.05, 0) is 68.0 Å². The Kier molecular flexibility index (Phi) is 8.06. The van der Waals surface area contributed by atoms with E-state index in [9.17, 15) is 0 Å². The number of aromatic nitrogens is 2. The number of hydrogen-bond acceptors (Lipinski definition) is 4. The highest BCUT2D eigenvalue weighted by Crippen LogP contribution is 2.26. The van der Waals surface area contributed by atoms with Gasteiger partial charge in [0.15, 0.2) is 5.82 Å². The highest BCUT2D eigenvalue weighted by molar-refractivity contribution is 5.85. The Hall–Kier alpha value is -2.17. The van der Waals surface area contributed by atoms with Crippen LogP contribution in [0.1, 0.15) is 45.4 Å². The number of rotatable bonds is 7. The van der Waals surface area contributed by atoms with Crippen LogP contribution < -0.4 is 0 Å². The van der Waals surface area contributed by atoms with E-state index < -0.39 is 0 Å². The summed E-state index contributed by atoms with van der Waals surface area (Å²) in [7, 11) is 0. The second-order valence-corrected chi connectivity index (χ2v) is 8.11. The Morgan fingerprint density at radius 2 is 1.50 bits per heavy atom. The smallest absolute Gasteiger partial charge is 0.257 e. The largest absolute Gasteiger partial charge is 0.334 e. The SMILES string of the molecule is CCC(CC)N1CCC(Cc2noc(-c3ccc(-c4ccccc4)cc3)n2)CC1.Cl. The quantitative estimate of drug-likeness (QED) is 0.447. The Bertz CT molecular complexity index is 882. The molecule has 0 bridgehead atoms. The van der Waals surface area contributed by atoms with E-state index in [1.54, 1.807) is 0 Å². The standard InChI is InChI=1S/C25H31N3O.ClH/c1-3-23(4-2)28-16-14-19(15-17-28)18-24-26-25(29-27-24)22-12-10-21(11-13-22)20-8-6-5-7-9-20;/h5-13,19,23H,3-4,14-18H2,1-2H3;1H. The molecular formula is C25H32ClN3O. The minimum Gasteiger partial charge on any atom is -0.334 e. The van der Waals surface area contributed by atoms with E-state index in [4.69, 9.17) is 4.52 Å². The molecule has 0 atom stereocenters. The Labute approximate surface area is 186 Å². The average Bonchev–Trinajstić information content (AvgIpc) is 3.25. The van der Waals surface area contributed by atoms with Gasteiger partial charge in [-0.1, -0.05) is 61.5 Å². The molecule has 0 radical (unpaired) electrons. The van der Waals surface area contributed by atoms with Gasteiger partial charge in [0.1, 0.15) is 0 Å². The lowest BCUT2D eigenvalue weighted by Gasteiger charge is -2.36. The van der Waals surface area contributed by atoms with Crippen LogP contribution >= 0.6 is 12.4 Å². The molecular weight excluding hydrogens is 394 g/mol. The van der Waals surface area contributed by atoms with Crippen molar-refractivity contribution in [2.24, 2.45) is 5.92 Å². The zero-order valence-electron chi connectivity index (χ0n) is 18.0. The van der Waals surface area contributed by atoms with E-state index >= 15 is 0 Å². The van der Waals surface area contributed by atoms with Crippen LogP contribution in [0.4, 0.5) is 0 Å². The molecule has 1 aliphatic heterocycles. The van der Waals surface area contributed by atoms with E-state index in [1.165, 1.54) is 49.9 Å². The summed E-state index contributed by atoms with van der Waals surface area (Å²) in [4.78, 5) is 7.33. The van der Waals surface area contributed by atoms with Gasteiger partial charge >= 0.3 is 0 Å². The lowest BCUT2D eigenvalue weighted by molar-refractivity contribution is 0.125. The summed E-state index contributed by atoms with van der Waals surface area (Å²) in [5.74, 6) is 2.12. The van der Waals surface area contributed by atoms with Crippen LogP contribution in [0, 0.1) is 5.92 Å². The fourth-order valence-corrected chi connectivity index (χ4v) is 4.48. The van der Waals surface area contributed by atoms with Crippen molar-refractivity contribution >= 4 is 12.4 Å². The molecule has 160 valence electrons. The minimum atomic E-state index is 0. The van der Waals surface area contributed by atoms with Crippen molar-refractivity contribution in [2.45, 2.75) is 52.0 Å². The predicted molar refractivity (Wildman–Crippen MR) is 125 cm³/mol. The molecule has 2 heterocycles. The summed E-state index contributed by atoms with van der Waals surface area (Å²) in [5.41, 5.74) is 3.38. The molecule has 3 aromatic rings. The maximum atomic E-state index is 5.56. The molecule has 1 saturated heterocycles. The summed E-state index contributed by atoms with van der Waals surface area (Å²) in [6, 6.07) is 19.5. The maximum absolute atomic E-state index is 5.56. The molecule has 0 unspecified atom stereocenters. The number of piperidine rings is 1. The second-order valence-electron chi connectivity index (χ2n) is 8.11. The molecule has 4 rings (SSSR count). The summed E-state index contributed by atoms with van der Waals surface area (Å²) < 4.78 is 5.56. The second kappa shape index (κ2) is 10.7. The van der Waals surface area contributed by atoms with E-state index in [0.717, 1.165) is 23.9 Å². The first-order valence-corrected chi connectivity index (χ1v) is 11.0. The number of likely N-dealkylation sites (tertiary alicyclic amines) is 1. The van der Waals surface area contributed by atoms with Crippen LogP contribution in [0.15, 0.2) is 59.1 Å². The van der Waals surface area contributed by atoms with Crippen molar-refractivity contribution in [1.29, 1.82) is 0 Å². The van der Waals surface area contributed by atoms with Gasteiger partial charge in [-0.25, -0.2) is 0 Å². The van der Waals surface area contributed by atoms with Crippen LogP contribution in [0.2, 0.25) is 0 Å². The molecule has 0 aliphatic carbocycles. The van der Waals surface area contributed by atoms with Gasteiger partial charge in [0.2, 0.25) is 0 Å². The predicted octanol–water partition coefficient (Wildman–Crippen LogP) is 6.27. The first kappa shape index (κ1) is 22.5.